The van der Waals surface area contributed by atoms with Gasteiger partial charge in [-0.25, -0.2) is 0 Å². The number of aromatic nitrogens is 2. The minimum atomic E-state index is 0.231. The summed E-state index contributed by atoms with van der Waals surface area (Å²) in [4.78, 5) is 3.95. The van der Waals surface area contributed by atoms with Gasteiger partial charge in [0.1, 0.15) is 0 Å². The summed E-state index contributed by atoms with van der Waals surface area (Å²) in [7, 11) is 0. The molecule has 4 nitrogen and oxygen atoms in total. The van der Waals surface area contributed by atoms with Crippen molar-refractivity contribution >= 4 is 15.9 Å². The lowest BCUT2D eigenvalue weighted by Gasteiger charge is -2.14. The Bertz CT molecular complexity index is 444. The van der Waals surface area contributed by atoms with Crippen molar-refractivity contribution in [2.75, 3.05) is 0 Å². The van der Waals surface area contributed by atoms with Crippen LogP contribution in [0.2, 0.25) is 0 Å². The minimum Gasteiger partial charge on any atom is -0.343 e. The summed E-state index contributed by atoms with van der Waals surface area (Å²) in [6.07, 6.45) is 1.33. The van der Waals surface area contributed by atoms with E-state index in [1.165, 1.54) is 12.0 Å². The molecule has 0 aliphatic rings. The second-order valence-corrected chi connectivity index (χ2v) is 4.33. The van der Waals surface area contributed by atoms with Crippen molar-refractivity contribution in [3.63, 3.8) is 0 Å². The smallest absolute Gasteiger partial charge is 0.213 e. The van der Waals surface area contributed by atoms with Crippen molar-refractivity contribution in [3.05, 3.63) is 46.5 Å². The van der Waals surface area contributed by atoms with Gasteiger partial charge in [0.15, 0.2) is 5.82 Å². The van der Waals surface area contributed by atoms with Crippen LogP contribution < -0.4 is 5.32 Å². The first-order chi connectivity index (χ1) is 7.77. The fourth-order valence-corrected chi connectivity index (χ4v) is 2.08. The van der Waals surface area contributed by atoms with Crippen LogP contribution in [0.25, 0.3) is 0 Å². The summed E-state index contributed by atoms with van der Waals surface area (Å²) < 4.78 is 5.77. The molecule has 0 saturated carbocycles. The number of nitrogens with one attached hydrogen (secondary N) is 1. The molecule has 1 aromatic carbocycles. The Labute approximate surface area is 102 Å². The van der Waals surface area contributed by atoms with E-state index in [9.17, 15) is 0 Å². The maximum Gasteiger partial charge on any atom is 0.213 e. The Morgan fingerprint density at radius 1 is 1.44 bits per heavy atom. The highest BCUT2D eigenvalue weighted by molar-refractivity contribution is 9.10. The predicted molar refractivity (Wildman–Crippen MR) is 63.7 cm³/mol. The monoisotopic (exact) mass is 281 g/mol. The summed E-state index contributed by atoms with van der Waals surface area (Å²) in [6.45, 7) is 2.69. The van der Waals surface area contributed by atoms with Crippen molar-refractivity contribution in [1.29, 1.82) is 0 Å². The van der Waals surface area contributed by atoms with E-state index in [2.05, 4.69) is 48.9 Å². The Hall–Kier alpha value is -1.20. The lowest BCUT2D eigenvalue weighted by atomic mass is 10.1. The first-order valence-corrected chi connectivity index (χ1v) is 5.79. The summed E-state index contributed by atoms with van der Waals surface area (Å²) in [5.74, 6) is 0.666. The summed E-state index contributed by atoms with van der Waals surface area (Å²) in [5, 5.41) is 7.07. The summed E-state index contributed by atoms with van der Waals surface area (Å²) in [5.41, 5.74) is 1.21. The van der Waals surface area contributed by atoms with Crippen molar-refractivity contribution < 1.29 is 4.52 Å². The van der Waals surface area contributed by atoms with Crippen LogP contribution in [-0.4, -0.2) is 10.1 Å². The number of hydrogen-bond donors (Lipinski definition) is 1. The van der Waals surface area contributed by atoms with Gasteiger partial charge in [0.05, 0.1) is 6.54 Å². The van der Waals surface area contributed by atoms with E-state index in [4.69, 9.17) is 0 Å². The van der Waals surface area contributed by atoms with E-state index in [-0.39, 0.29) is 6.04 Å². The Balaban J connectivity index is 1.98. The second kappa shape index (κ2) is 5.23. The molecule has 2 rings (SSSR count). The Morgan fingerprint density at radius 3 is 2.94 bits per heavy atom. The zero-order valence-corrected chi connectivity index (χ0v) is 10.4. The van der Waals surface area contributed by atoms with E-state index < -0.39 is 0 Å². The molecule has 0 saturated heterocycles. The number of halogens is 1. The number of hydrogen-bond acceptors (Lipinski definition) is 4. The van der Waals surface area contributed by atoms with Gasteiger partial charge in [-0.15, -0.1) is 0 Å². The van der Waals surface area contributed by atoms with Gasteiger partial charge in [-0.2, -0.15) is 4.98 Å². The molecule has 84 valence electrons. The van der Waals surface area contributed by atoms with E-state index in [1.807, 2.05) is 18.2 Å². The molecular weight excluding hydrogens is 270 g/mol. The molecule has 1 heterocycles. The van der Waals surface area contributed by atoms with E-state index >= 15 is 0 Å². The third-order valence-corrected chi connectivity index (χ3v) is 3.07. The number of rotatable bonds is 4. The van der Waals surface area contributed by atoms with Crippen LogP contribution >= 0.6 is 15.9 Å². The average molecular weight is 282 g/mol. The molecule has 1 N–H and O–H groups in total. The molecule has 0 amide bonds. The molecule has 1 unspecified atom stereocenters. The SMILES string of the molecule is CC(NCc1ncon1)c1ccccc1Br. The minimum absolute atomic E-state index is 0.231. The molecule has 1 atom stereocenters. The molecule has 0 radical (unpaired) electrons. The molecule has 0 spiro atoms. The largest absolute Gasteiger partial charge is 0.343 e. The van der Waals surface area contributed by atoms with Crippen LogP contribution in [0.5, 0.6) is 0 Å². The van der Waals surface area contributed by atoms with Gasteiger partial charge in [-0.05, 0) is 18.6 Å². The fourth-order valence-electron chi connectivity index (χ4n) is 1.45. The van der Waals surface area contributed by atoms with E-state index in [0.29, 0.717) is 12.4 Å². The maximum absolute atomic E-state index is 4.67. The Kier molecular flexibility index (Phi) is 3.69. The fraction of sp³-hybridized carbons (Fsp3) is 0.273. The van der Waals surface area contributed by atoms with Gasteiger partial charge in [0, 0.05) is 10.5 Å². The highest BCUT2D eigenvalue weighted by Gasteiger charge is 2.08. The molecule has 1 aromatic heterocycles. The number of benzene rings is 1. The molecule has 16 heavy (non-hydrogen) atoms. The first-order valence-electron chi connectivity index (χ1n) is 5.00. The normalized spacial score (nSPS) is 12.6. The second-order valence-electron chi connectivity index (χ2n) is 3.47. The van der Waals surface area contributed by atoms with Gasteiger partial charge in [-0.1, -0.05) is 39.3 Å². The zero-order valence-electron chi connectivity index (χ0n) is 8.85. The van der Waals surface area contributed by atoms with Gasteiger partial charge in [0.2, 0.25) is 6.39 Å². The topological polar surface area (TPSA) is 51.0 Å². The Morgan fingerprint density at radius 2 is 2.25 bits per heavy atom. The highest BCUT2D eigenvalue weighted by Crippen LogP contribution is 2.22. The third kappa shape index (κ3) is 2.68. The van der Waals surface area contributed by atoms with Crippen molar-refractivity contribution in [2.45, 2.75) is 19.5 Å². The zero-order chi connectivity index (χ0) is 11.4. The first kappa shape index (κ1) is 11.3. The van der Waals surface area contributed by atoms with Crippen molar-refractivity contribution in [2.24, 2.45) is 0 Å². The van der Waals surface area contributed by atoms with E-state index in [0.717, 1.165) is 4.47 Å². The van der Waals surface area contributed by atoms with Crippen molar-refractivity contribution in [1.82, 2.24) is 15.5 Å². The van der Waals surface area contributed by atoms with Gasteiger partial charge in [0.25, 0.3) is 0 Å². The van der Waals surface area contributed by atoms with Gasteiger partial charge in [-0.3, -0.25) is 0 Å². The lowest BCUT2D eigenvalue weighted by molar-refractivity contribution is 0.405. The number of nitrogens with zero attached hydrogens (tertiary/aromatic N) is 2. The quantitative estimate of drug-likeness (QED) is 0.936. The molecule has 2 aromatic rings. The molecule has 0 aliphatic heterocycles. The van der Waals surface area contributed by atoms with Crippen LogP contribution in [0.1, 0.15) is 24.4 Å². The summed E-state index contributed by atoms with van der Waals surface area (Å²) in [6, 6.07) is 8.36. The molecule has 0 bridgehead atoms. The maximum atomic E-state index is 4.67. The standard InChI is InChI=1S/C11H12BrN3O/c1-8(9-4-2-3-5-10(9)12)13-6-11-14-7-16-15-11/h2-5,7-8,13H,6H2,1H3. The highest BCUT2D eigenvalue weighted by atomic mass is 79.9. The lowest BCUT2D eigenvalue weighted by Crippen LogP contribution is -2.19. The van der Waals surface area contributed by atoms with Crippen LogP contribution in [0.15, 0.2) is 39.7 Å². The van der Waals surface area contributed by atoms with Gasteiger partial charge < -0.3 is 9.84 Å². The molecule has 0 aliphatic carbocycles. The van der Waals surface area contributed by atoms with Crippen molar-refractivity contribution in [3.8, 4) is 0 Å². The molecule has 0 fully saturated rings. The van der Waals surface area contributed by atoms with Gasteiger partial charge >= 0.3 is 0 Å². The van der Waals surface area contributed by atoms with Crippen LogP contribution in [0.3, 0.4) is 0 Å². The summed E-state index contributed by atoms with van der Waals surface area (Å²) >= 11 is 3.53. The van der Waals surface area contributed by atoms with E-state index in [1.54, 1.807) is 0 Å². The van der Waals surface area contributed by atoms with Crippen LogP contribution in [-0.2, 0) is 6.54 Å². The van der Waals surface area contributed by atoms with Crippen LogP contribution in [0, 0.1) is 0 Å². The predicted octanol–water partition coefficient (Wildman–Crippen LogP) is 2.68. The molecular formula is C11H12BrN3O. The van der Waals surface area contributed by atoms with Crippen LogP contribution in [0.4, 0.5) is 0 Å². The molecule has 5 heteroatoms. The third-order valence-electron chi connectivity index (χ3n) is 2.35. The average Bonchev–Trinajstić information content (AvgIpc) is 2.79.